The van der Waals surface area contributed by atoms with E-state index in [0.29, 0.717) is 0 Å². The summed E-state index contributed by atoms with van der Waals surface area (Å²) in [7, 11) is 0. The highest BCUT2D eigenvalue weighted by Crippen LogP contribution is 2.44. The van der Waals surface area contributed by atoms with Crippen molar-refractivity contribution in [2.75, 3.05) is 14.7 Å². The Morgan fingerprint density at radius 1 is 0.268 bits per heavy atom. The summed E-state index contributed by atoms with van der Waals surface area (Å²) in [4.78, 5) is 7.08. The van der Waals surface area contributed by atoms with E-state index in [1.165, 1.54) is 68.3 Å². The molecule has 0 N–H and O–H groups in total. The fourth-order valence-corrected chi connectivity index (χ4v) is 12.3. The smallest absolute Gasteiger partial charge is 0.0468 e. The van der Waals surface area contributed by atoms with E-state index in [-0.39, 0.29) is 0 Å². The van der Waals surface area contributed by atoms with Crippen LogP contribution in [0.5, 0.6) is 0 Å². The number of hydrogen-bond donors (Lipinski definition) is 0. The minimum atomic E-state index is 1.02. The maximum Gasteiger partial charge on any atom is 0.0468 e. The third-order valence-corrected chi connectivity index (χ3v) is 15.9. The minimum absolute atomic E-state index is 1.02. The first-order chi connectivity index (χ1) is 35.2. The van der Waals surface area contributed by atoms with Crippen LogP contribution in [0.3, 0.4) is 0 Å². The van der Waals surface area contributed by atoms with Crippen molar-refractivity contribution in [1.29, 1.82) is 0 Å². The number of anilines is 8. The lowest BCUT2D eigenvalue weighted by atomic mass is 10.0. The Morgan fingerprint density at radius 3 is 0.958 bits per heavy atom. The van der Waals surface area contributed by atoms with Crippen molar-refractivity contribution >= 4 is 109 Å². The molecule has 1 aliphatic rings. The minimum Gasteiger partial charge on any atom is -0.311 e. The molecule has 0 atom stereocenters. The molecule has 13 rings (SSSR count). The predicted molar refractivity (Wildman–Crippen MR) is 307 cm³/mol. The van der Waals surface area contributed by atoms with Crippen LogP contribution in [0, 0.1) is 0 Å². The summed E-state index contributed by atoms with van der Waals surface area (Å²) in [5.41, 5.74) is 15.1. The van der Waals surface area contributed by atoms with E-state index in [4.69, 9.17) is 0 Å². The van der Waals surface area contributed by atoms with Crippen LogP contribution in [-0.2, 0) is 0 Å². The summed E-state index contributed by atoms with van der Waals surface area (Å²) in [5.74, 6) is 0. The summed E-state index contributed by atoms with van der Waals surface area (Å²) in [6.45, 7) is 0. The van der Waals surface area contributed by atoms with Crippen LogP contribution in [0.25, 0.3) is 62.6 Å². The van der Waals surface area contributed by atoms with Gasteiger partial charge in [0.2, 0.25) is 0 Å². The standard InChI is InChI=1S/C66H47N3S2/c1-6-16-50(17-7-1)67(55-32-26-46(27-33-55)48-30-38-63-59(42-48)61-44-57(36-40-65(61)70-63)68(51-18-8-2-9-19-51)52-20-10-3-11-21-52)56-34-28-47(29-35-56)49-31-39-64-60(43-49)62-45-58(37-41-66(62)71-64)69(53-22-12-4-13-23-53)54-24-14-5-15-25-54/h2-6,8-45H,1,7H2. The molecule has 0 fully saturated rings. The van der Waals surface area contributed by atoms with Gasteiger partial charge in [-0.05, 0) is 175 Å². The van der Waals surface area contributed by atoms with E-state index in [9.17, 15) is 0 Å². The molecule has 2 aromatic heterocycles. The van der Waals surface area contributed by atoms with Crippen LogP contribution in [0.15, 0.2) is 267 Å². The van der Waals surface area contributed by atoms with Crippen molar-refractivity contribution in [3.05, 3.63) is 267 Å². The molecule has 3 nitrogen and oxygen atoms in total. The van der Waals surface area contributed by atoms with Crippen molar-refractivity contribution in [3.8, 4) is 22.3 Å². The first-order valence-corrected chi connectivity index (χ1v) is 25.9. The van der Waals surface area contributed by atoms with Crippen molar-refractivity contribution in [2.45, 2.75) is 12.8 Å². The van der Waals surface area contributed by atoms with Gasteiger partial charge in [0.15, 0.2) is 0 Å². The summed E-state index contributed by atoms with van der Waals surface area (Å²) in [5, 5.41) is 5.11. The van der Waals surface area contributed by atoms with E-state index in [1.54, 1.807) is 0 Å². The molecular formula is C66H47N3S2. The molecule has 0 unspecified atom stereocenters. The van der Waals surface area contributed by atoms with E-state index < -0.39 is 0 Å². The second-order valence-corrected chi connectivity index (χ2v) is 20.2. The van der Waals surface area contributed by atoms with Crippen LogP contribution >= 0.6 is 22.7 Å². The van der Waals surface area contributed by atoms with Gasteiger partial charge in [-0.2, -0.15) is 0 Å². The molecule has 0 amide bonds. The molecule has 0 saturated carbocycles. The van der Waals surface area contributed by atoms with E-state index in [1.807, 2.05) is 22.7 Å². The lowest BCUT2D eigenvalue weighted by Gasteiger charge is -2.28. The first-order valence-electron chi connectivity index (χ1n) is 24.3. The summed E-state index contributed by atoms with van der Waals surface area (Å²) in [6, 6.07) is 88.5. The lowest BCUT2D eigenvalue weighted by Crippen LogP contribution is -2.16. The van der Waals surface area contributed by atoms with Gasteiger partial charge in [0.05, 0.1) is 0 Å². The number of fused-ring (bicyclic) bond motifs is 6. The summed E-state index contributed by atoms with van der Waals surface area (Å²) >= 11 is 3.72. The molecule has 71 heavy (non-hydrogen) atoms. The normalized spacial score (nSPS) is 12.4. The van der Waals surface area contributed by atoms with Crippen molar-refractivity contribution < 1.29 is 0 Å². The molecule has 0 bridgehead atoms. The van der Waals surface area contributed by atoms with Crippen LogP contribution in [-0.4, -0.2) is 0 Å². The molecule has 0 saturated heterocycles. The Bertz CT molecular complexity index is 3590. The number of para-hydroxylation sites is 4. The number of thiophene rings is 2. The van der Waals surface area contributed by atoms with E-state index in [2.05, 4.69) is 276 Å². The summed E-state index contributed by atoms with van der Waals surface area (Å²) < 4.78 is 5.16. The van der Waals surface area contributed by atoms with Crippen LogP contribution < -0.4 is 14.7 Å². The molecule has 1 aliphatic carbocycles. The van der Waals surface area contributed by atoms with Crippen LogP contribution in [0.2, 0.25) is 0 Å². The zero-order chi connectivity index (χ0) is 47.1. The molecule has 0 radical (unpaired) electrons. The number of allylic oxidation sites excluding steroid dienone is 3. The van der Waals surface area contributed by atoms with Gasteiger partial charge in [-0.15, -0.1) is 22.7 Å². The Labute approximate surface area is 422 Å². The van der Waals surface area contributed by atoms with Gasteiger partial charge in [-0.3, -0.25) is 0 Å². The molecule has 5 heteroatoms. The van der Waals surface area contributed by atoms with Gasteiger partial charge in [0.25, 0.3) is 0 Å². The molecular weight excluding hydrogens is 899 g/mol. The molecule has 12 aromatic rings. The Balaban J connectivity index is 0.812. The van der Waals surface area contributed by atoms with Gasteiger partial charge in [0.1, 0.15) is 0 Å². The molecule has 0 aliphatic heterocycles. The Kier molecular flexibility index (Phi) is 11.1. The second-order valence-electron chi connectivity index (χ2n) is 18.0. The third kappa shape index (κ3) is 8.15. The van der Waals surface area contributed by atoms with E-state index in [0.717, 1.165) is 58.3 Å². The maximum atomic E-state index is 2.40. The highest BCUT2D eigenvalue weighted by molar-refractivity contribution is 7.26. The second kappa shape index (κ2) is 18.4. The zero-order valence-corrected chi connectivity index (χ0v) is 40.5. The van der Waals surface area contributed by atoms with Crippen molar-refractivity contribution in [3.63, 3.8) is 0 Å². The predicted octanol–water partition coefficient (Wildman–Crippen LogP) is 20.1. The Hall–Kier alpha value is -8.48. The SMILES string of the molecule is C1=CC(N(c2ccc(-c3ccc4sc5ccc(N(c6ccccc6)c6ccccc6)cc5c4c3)cc2)c2ccc(-c3ccc4sc5ccc(N(c6ccccc6)c6ccccc6)cc5c4c3)cc2)=CCC1. The number of nitrogens with zero attached hydrogens (tertiary/aromatic N) is 3. The highest BCUT2D eigenvalue weighted by atomic mass is 32.1. The average Bonchev–Trinajstić information content (AvgIpc) is 4.00. The number of benzene rings is 10. The van der Waals surface area contributed by atoms with Crippen molar-refractivity contribution in [2.24, 2.45) is 0 Å². The van der Waals surface area contributed by atoms with Gasteiger partial charge in [-0.1, -0.05) is 121 Å². The van der Waals surface area contributed by atoms with Gasteiger partial charge in [0, 0.05) is 91.5 Å². The van der Waals surface area contributed by atoms with Gasteiger partial charge < -0.3 is 14.7 Å². The molecule has 10 aromatic carbocycles. The zero-order valence-electron chi connectivity index (χ0n) is 38.9. The topological polar surface area (TPSA) is 9.72 Å². The molecule has 338 valence electrons. The number of hydrogen-bond acceptors (Lipinski definition) is 5. The average molecular weight is 946 g/mol. The maximum absolute atomic E-state index is 2.40. The lowest BCUT2D eigenvalue weighted by molar-refractivity contribution is 0.997. The summed E-state index contributed by atoms with van der Waals surface area (Å²) in [6.07, 6.45) is 9.01. The van der Waals surface area contributed by atoms with Crippen molar-refractivity contribution in [1.82, 2.24) is 0 Å². The first kappa shape index (κ1) is 42.6. The van der Waals surface area contributed by atoms with Crippen LogP contribution in [0.4, 0.5) is 45.5 Å². The fraction of sp³-hybridized carbons (Fsp3) is 0.0303. The van der Waals surface area contributed by atoms with E-state index >= 15 is 0 Å². The van der Waals surface area contributed by atoms with Crippen LogP contribution in [0.1, 0.15) is 12.8 Å². The monoisotopic (exact) mass is 945 g/mol. The highest BCUT2D eigenvalue weighted by Gasteiger charge is 2.19. The molecule has 0 spiro atoms. The Morgan fingerprint density at radius 2 is 0.592 bits per heavy atom. The van der Waals surface area contributed by atoms with Gasteiger partial charge >= 0.3 is 0 Å². The largest absolute Gasteiger partial charge is 0.311 e. The van der Waals surface area contributed by atoms with Gasteiger partial charge in [-0.25, -0.2) is 0 Å². The molecule has 2 heterocycles. The fourth-order valence-electron chi connectivity index (χ4n) is 10.2. The number of rotatable bonds is 11. The third-order valence-electron chi connectivity index (χ3n) is 13.6. The quantitative estimate of drug-likeness (QED) is 0.128.